The fourth-order valence-corrected chi connectivity index (χ4v) is 12.7. The SMILES string of the molecule is CCOCCC(=O)N1CCN(c2ncc(CNC(=O)O[C@@H]3CC[C@@H](C[C@@H](N)[C@@H]4CC(=O)[C@H](C)/C=C(\C)[C@@H](O)[C@@H](O)C(=O)[C@H](C)C[C@H](C)/C=C/C=C/C=C(\C)[C@@H](OC)C[C@@H]5CC[C@@H](C)[C@@](O)(O5)C(=O)C(=O)N5CCCC[C@H]5C(=O)O4)C[C@H]3OC)cn2)C[C@@H]1C(=O)O. The zero-order chi connectivity index (χ0) is 66.0. The average Bonchev–Trinajstić information content (AvgIpc) is 1.21. The van der Waals surface area contributed by atoms with Gasteiger partial charge >= 0.3 is 18.0 Å². The van der Waals surface area contributed by atoms with Gasteiger partial charge in [0.25, 0.3) is 11.7 Å². The lowest BCUT2D eigenvalue weighted by atomic mass is 9.80. The molecule has 5 heterocycles. The number of piperidine rings is 1. The number of aliphatic hydroxyl groups excluding tert-OH is 2. The number of amides is 3. The molecule has 6 rings (SSSR count). The average molecular weight is 1260 g/mol. The van der Waals surface area contributed by atoms with Crippen LogP contribution in [0.5, 0.6) is 0 Å². The Morgan fingerprint density at radius 1 is 0.867 bits per heavy atom. The van der Waals surface area contributed by atoms with Crippen LogP contribution in [-0.2, 0) is 68.5 Å². The largest absolute Gasteiger partial charge is 0.480 e. The number of carboxylic acid groups (broad SMARTS) is 1. The highest BCUT2D eigenvalue weighted by molar-refractivity contribution is 6.39. The highest BCUT2D eigenvalue weighted by atomic mass is 16.6. The Balaban J connectivity index is 1.15. The number of allylic oxidation sites excluding steroid dienone is 6. The van der Waals surface area contributed by atoms with Gasteiger partial charge in [-0.25, -0.2) is 24.4 Å². The predicted molar refractivity (Wildman–Crippen MR) is 329 cm³/mol. The van der Waals surface area contributed by atoms with E-state index in [9.17, 15) is 58.8 Å². The third-order valence-electron chi connectivity index (χ3n) is 18.3. The standard InChI is InChI=1S/C65H97N7O18/c1-10-87-27-23-55(74)71-26-25-70(37-49(71)61(80)81)63-67-34-45(35-68-63)36-69-64(83)89-51-22-20-44(31-54(51)86-9)30-47(66)53-33-50(73)40(4)29-42(6)57(76)58(77)56(75)41(5)28-38(2)16-12-11-13-17-39(3)52(85-8)32-46-21-19-43(7)65(84,90-46)59(78)60(79)72-24-15-14-18-48(72)62(82)88-53/h11-13,16-17,29,34-35,38,40-41,43-44,46-49,51-54,57-58,76-77,84H,10,14-15,18-28,30-33,36-37,66H2,1-9H3,(H,69,83)(H,80,81)/b13-11+,16-12+,39-17+,42-29+/t38-,40-,41-,43-,44+,46+,47-,48+,49-,51-,52+,53+,54-,57-,58+,65-/m1/s1. The first kappa shape index (κ1) is 72.7. The van der Waals surface area contributed by atoms with Gasteiger partial charge in [0, 0.05) is 102 Å². The zero-order valence-electron chi connectivity index (χ0n) is 53.7. The number of hydrogen-bond donors (Lipinski definition) is 6. The number of aliphatic hydroxyl groups is 3. The van der Waals surface area contributed by atoms with Gasteiger partial charge in [0.05, 0.1) is 37.9 Å². The summed E-state index contributed by atoms with van der Waals surface area (Å²) in [5.74, 6) is -10.6. The van der Waals surface area contributed by atoms with Crippen molar-refractivity contribution in [3.8, 4) is 0 Å². The number of rotatable bonds is 14. The number of ether oxygens (including phenoxy) is 6. The summed E-state index contributed by atoms with van der Waals surface area (Å²) in [6.45, 7) is 13.1. The molecule has 90 heavy (non-hydrogen) atoms. The molecule has 1 saturated carbocycles. The molecule has 0 radical (unpaired) electrons. The number of cyclic esters (lactones) is 1. The van der Waals surface area contributed by atoms with Crippen LogP contribution in [0.2, 0.25) is 0 Å². The fraction of sp³-hybridized carbons (Fsp3) is 0.692. The molecular weight excluding hydrogens is 1170 g/mol. The molecule has 4 fully saturated rings. The number of carbonyl (C=O) groups excluding carboxylic acids is 7. The van der Waals surface area contributed by atoms with E-state index < -0.39 is 132 Å². The Morgan fingerprint density at radius 2 is 1.60 bits per heavy atom. The molecular formula is C65H97N7O18. The summed E-state index contributed by atoms with van der Waals surface area (Å²) in [6.07, 6.45) is 9.39. The number of alkyl carbamates (subject to hydrolysis) is 1. The van der Waals surface area contributed by atoms with Crippen LogP contribution in [-0.4, -0.2) is 208 Å². The molecule has 5 aliphatic rings. The van der Waals surface area contributed by atoms with Crippen molar-refractivity contribution < 1.29 is 87.2 Å². The highest BCUT2D eigenvalue weighted by Crippen LogP contribution is 2.38. The number of ketones is 3. The molecule has 0 aromatic carbocycles. The van der Waals surface area contributed by atoms with Crippen molar-refractivity contribution in [1.82, 2.24) is 25.1 Å². The fourth-order valence-electron chi connectivity index (χ4n) is 12.7. The van der Waals surface area contributed by atoms with Gasteiger partial charge in [-0.05, 0) is 108 Å². The molecule has 2 bridgehead atoms. The van der Waals surface area contributed by atoms with Crippen molar-refractivity contribution >= 4 is 53.1 Å². The number of anilines is 1. The van der Waals surface area contributed by atoms with E-state index >= 15 is 0 Å². The number of Topliss-reactive ketones (excluding diaryl/α,β-unsaturated/α-hetero) is 3. The van der Waals surface area contributed by atoms with Crippen molar-refractivity contribution in [3.63, 3.8) is 0 Å². The quantitative estimate of drug-likeness (QED) is 0.0647. The molecule has 500 valence electrons. The van der Waals surface area contributed by atoms with Crippen LogP contribution in [0.3, 0.4) is 0 Å². The topological polar surface area (TPSA) is 346 Å². The Bertz CT molecular complexity index is 2760. The predicted octanol–water partition coefficient (Wildman–Crippen LogP) is 4.47. The van der Waals surface area contributed by atoms with Crippen molar-refractivity contribution in [2.45, 2.75) is 205 Å². The first-order chi connectivity index (χ1) is 42.8. The van der Waals surface area contributed by atoms with Crippen LogP contribution >= 0.6 is 0 Å². The minimum absolute atomic E-state index is 0.00198. The van der Waals surface area contributed by atoms with Crippen LogP contribution in [0, 0.1) is 29.6 Å². The summed E-state index contributed by atoms with van der Waals surface area (Å²) in [4.78, 5) is 122. The minimum atomic E-state index is -2.52. The van der Waals surface area contributed by atoms with Crippen LogP contribution in [0.15, 0.2) is 60.0 Å². The molecule has 1 aliphatic carbocycles. The lowest BCUT2D eigenvalue weighted by Crippen LogP contribution is -2.61. The first-order valence-corrected chi connectivity index (χ1v) is 31.8. The van der Waals surface area contributed by atoms with E-state index in [-0.39, 0.29) is 87.7 Å². The second kappa shape index (κ2) is 34.4. The number of fused-ring (bicyclic) bond motifs is 3. The van der Waals surface area contributed by atoms with Crippen LogP contribution in [0.1, 0.15) is 138 Å². The molecule has 16 atom stereocenters. The molecule has 0 unspecified atom stereocenters. The molecule has 1 aromatic rings. The monoisotopic (exact) mass is 1260 g/mol. The number of nitrogens with one attached hydrogen (secondary N) is 1. The van der Waals surface area contributed by atoms with Crippen molar-refractivity contribution in [1.29, 1.82) is 0 Å². The van der Waals surface area contributed by atoms with Gasteiger partial charge < -0.3 is 74.6 Å². The summed E-state index contributed by atoms with van der Waals surface area (Å²) in [5.41, 5.74) is 8.52. The summed E-state index contributed by atoms with van der Waals surface area (Å²) in [7, 11) is 3.03. The number of aromatic nitrogens is 2. The van der Waals surface area contributed by atoms with Gasteiger partial charge in [0.1, 0.15) is 42.3 Å². The number of piperazine rings is 1. The number of nitrogens with zero attached hydrogens (tertiary/aromatic N) is 5. The zero-order valence-corrected chi connectivity index (χ0v) is 53.7. The second-order valence-electron chi connectivity index (χ2n) is 25.0. The minimum Gasteiger partial charge on any atom is -0.480 e. The van der Waals surface area contributed by atoms with E-state index in [0.717, 1.165) is 10.5 Å². The summed E-state index contributed by atoms with van der Waals surface area (Å²) >= 11 is 0. The van der Waals surface area contributed by atoms with Crippen LogP contribution < -0.4 is 16.0 Å². The van der Waals surface area contributed by atoms with Crippen molar-refractivity contribution in [2.24, 2.45) is 35.3 Å². The molecule has 3 saturated heterocycles. The third-order valence-corrected chi connectivity index (χ3v) is 18.3. The number of nitrogens with two attached hydrogens (primary N) is 1. The number of hydrogen-bond acceptors (Lipinski definition) is 21. The Hall–Kier alpha value is -6.32. The summed E-state index contributed by atoms with van der Waals surface area (Å²) in [5, 5.41) is 47.1. The van der Waals surface area contributed by atoms with E-state index in [1.165, 1.54) is 37.4 Å². The van der Waals surface area contributed by atoms with Gasteiger partial charge in [-0.3, -0.25) is 24.0 Å². The van der Waals surface area contributed by atoms with E-state index in [2.05, 4.69) is 15.3 Å². The van der Waals surface area contributed by atoms with Gasteiger partial charge in [0.15, 0.2) is 5.78 Å². The Kier molecular flexibility index (Phi) is 27.8. The molecule has 25 heteroatoms. The molecule has 3 amide bonds. The highest BCUT2D eigenvalue weighted by Gasteiger charge is 2.53. The maximum absolute atomic E-state index is 14.6. The smallest absolute Gasteiger partial charge is 0.407 e. The number of esters is 1. The maximum atomic E-state index is 14.6. The van der Waals surface area contributed by atoms with Crippen molar-refractivity contribution in [3.05, 3.63) is 65.6 Å². The molecule has 4 aliphatic heterocycles. The van der Waals surface area contributed by atoms with Gasteiger partial charge in [0.2, 0.25) is 17.6 Å². The van der Waals surface area contributed by atoms with Gasteiger partial charge in [-0.1, -0.05) is 64.2 Å². The Labute approximate surface area is 528 Å². The van der Waals surface area contributed by atoms with E-state index in [1.54, 1.807) is 32.8 Å². The van der Waals surface area contributed by atoms with Gasteiger partial charge in [-0.15, -0.1) is 0 Å². The van der Waals surface area contributed by atoms with Crippen LogP contribution in [0.4, 0.5) is 10.7 Å². The van der Waals surface area contributed by atoms with Crippen LogP contribution in [0.25, 0.3) is 0 Å². The third kappa shape index (κ3) is 19.6. The number of carboxylic acids is 1. The summed E-state index contributed by atoms with van der Waals surface area (Å²) in [6, 6.07) is -3.38. The van der Waals surface area contributed by atoms with E-state index in [4.69, 9.17) is 34.2 Å². The van der Waals surface area contributed by atoms with Crippen molar-refractivity contribution in [2.75, 3.05) is 58.5 Å². The van der Waals surface area contributed by atoms with Gasteiger partial charge in [-0.2, -0.15) is 0 Å². The maximum Gasteiger partial charge on any atom is 0.407 e. The van der Waals surface area contributed by atoms with E-state index in [0.29, 0.717) is 70.1 Å². The molecule has 7 N–H and O–H groups in total. The lowest BCUT2D eigenvalue weighted by molar-refractivity contribution is -0.265. The summed E-state index contributed by atoms with van der Waals surface area (Å²) < 4.78 is 35.2. The number of methoxy groups -OCH3 is 2. The first-order valence-electron chi connectivity index (χ1n) is 31.8. The van der Waals surface area contributed by atoms with E-state index in [1.807, 2.05) is 51.2 Å². The number of carbonyl (C=O) groups is 8. The molecule has 25 nitrogen and oxygen atoms in total. The normalized spacial score (nSPS) is 34.1. The second-order valence-corrected chi connectivity index (χ2v) is 25.0. The Morgan fingerprint density at radius 3 is 2.29 bits per heavy atom. The molecule has 1 aromatic heterocycles. The lowest BCUT2D eigenvalue weighted by Gasteiger charge is -2.42. The number of aliphatic carboxylic acids is 1. The molecule has 0 spiro atoms.